The molecular weight excluding hydrogens is 510 g/mol. The van der Waals surface area contributed by atoms with Crippen molar-refractivity contribution in [2.75, 3.05) is 0 Å². The first-order chi connectivity index (χ1) is 18.7. The normalized spacial score (nSPS) is 18.1. The molecule has 1 fully saturated rings. The van der Waals surface area contributed by atoms with Crippen molar-refractivity contribution in [3.63, 3.8) is 0 Å². The molecule has 0 unspecified atom stereocenters. The topological polar surface area (TPSA) is 0 Å². The summed E-state index contributed by atoms with van der Waals surface area (Å²) in [7, 11) is 0. The maximum Gasteiger partial charge on any atom is 0.257 e. The zero-order valence-corrected chi connectivity index (χ0v) is 21.9. The molecule has 0 aliphatic heterocycles. The lowest BCUT2D eigenvalue weighted by atomic mass is 9.77. The molecule has 0 N–H and O–H groups in total. The van der Waals surface area contributed by atoms with E-state index in [0.717, 1.165) is 42.5 Å². The van der Waals surface area contributed by atoms with E-state index < -0.39 is 23.9 Å². The Kier molecular flexibility index (Phi) is 9.71. The third-order valence-corrected chi connectivity index (χ3v) is 7.54. The van der Waals surface area contributed by atoms with Gasteiger partial charge in [-0.1, -0.05) is 62.3 Å². The first-order valence-corrected chi connectivity index (χ1v) is 13.4. The maximum atomic E-state index is 15.1. The largest absolute Gasteiger partial charge is 0.257 e. The highest BCUT2D eigenvalue weighted by atomic mass is 19.3. The summed E-state index contributed by atoms with van der Waals surface area (Å²) in [6, 6.07) is 11.7. The Bertz CT molecular complexity index is 1310. The second-order valence-corrected chi connectivity index (χ2v) is 10.2. The minimum atomic E-state index is -2.70. The third-order valence-electron chi connectivity index (χ3n) is 7.54. The highest BCUT2D eigenvalue weighted by molar-refractivity contribution is 5.73. The van der Waals surface area contributed by atoms with Crippen LogP contribution in [0.5, 0.6) is 0 Å². The summed E-state index contributed by atoms with van der Waals surface area (Å²) in [5, 5.41) is 0. The predicted molar refractivity (Wildman–Crippen MR) is 146 cm³/mol. The second kappa shape index (κ2) is 13.2. The summed E-state index contributed by atoms with van der Waals surface area (Å²) in [6.45, 7) is 2.20. The highest BCUT2D eigenvalue weighted by Crippen LogP contribution is 2.38. The fourth-order valence-electron chi connectivity index (χ4n) is 5.43. The molecule has 0 spiro atoms. The fourth-order valence-corrected chi connectivity index (χ4v) is 5.43. The first kappa shape index (κ1) is 28.7. The molecule has 3 aromatic carbocycles. The molecule has 1 aliphatic rings. The second-order valence-electron chi connectivity index (χ2n) is 10.2. The van der Waals surface area contributed by atoms with Gasteiger partial charge in [0.2, 0.25) is 0 Å². The number of hydrogen-bond acceptors (Lipinski definition) is 0. The van der Waals surface area contributed by atoms with Gasteiger partial charge in [0.15, 0.2) is 0 Å². The average molecular weight is 543 g/mol. The fraction of sp³-hybridized carbons (Fsp3) is 0.333. The van der Waals surface area contributed by atoms with E-state index in [9.17, 15) is 22.0 Å². The van der Waals surface area contributed by atoms with Gasteiger partial charge in [-0.15, -0.1) is 0 Å². The van der Waals surface area contributed by atoms with Gasteiger partial charge >= 0.3 is 0 Å². The van der Waals surface area contributed by atoms with Gasteiger partial charge in [0.25, 0.3) is 6.43 Å². The number of allylic oxidation sites excluding steroid dienone is 2. The van der Waals surface area contributed by atoms with Crippen molar-refractivity contribution in [1.29, 1.82) is 0 Å². The van der Waals surface area contributed by atoms with Gasteiger partial charge < -0.3 is 0 Å². The minimum absolute atomic E-state index is 0.153. The molecule has 0 nitrogen and oxygen atoms in total. The van der Waals surface area contributed by atoms with Gasteiger partial charge in [0.05, 0.1) is 0 Å². The van der Waals surface area contributed by atoms with E-state index in [-0.39, 0.29) is 28.9 Å². The van der Waals surface area contributed by atoms with Crippen LogP contribution in [0, 0.1) is 29.2 Å². The molecule has 4 rings (SSSR count). The Morgan fingerprint density at radius 1 is 0.795 bits per heavy atom. The van der Waals surface area contributed by atoms with E-state index in [4.69, 9.17) is 0 Å². The molecule has 0 amide bonds. The Morgan fingerprint density at radius 2 is 1.51 bits per heavy atom. The number of alkyl halides is 2. The molecule has 0 saturated heterocycles. The van der Waals surface area contributed by atoms with Crippen LogP contribution in [0.2, 0.25) is 0 Å². The van der Waals surface area contributed by atoms with Crippen molar-refractivity contribution < 1.29 is 26.3 Å². The molecule has 1 aliphatic carbocycles. The van der Waals surface area contributed by atoms with Crippen LogP contribution < -0.4 is 0 Å². The summed E-state index contributed by atoms with van der Waals surface area (Å²) in [5.74, 6) is -1.62. The zero-order valence-electron chi connectivity index (χ0n) is 21.9. The van der Waals surface area contributed by atoms with E-state index in [1.807, 2.05) is 6.07 Å². The van der Waals surface area contributed by atoms with E-state index >= 15 is 4.39 Å². The smallest absolute Gasteiger partial charge is 0.207 e. The van der Waals surface area contributed by atoms with Crippen molar-refractivity contribution in [2.45, 2.75) is 64.2 Å². The molecule has 0 bridgehead atoms. The molecule has 0 radical (unpaired) electrons. The van der Waals surface area contributed by atoms with Gasteiger partial charge in [-0.25, -0.2) is 26.3 Å². The minimum Gasteiger partial charge on any atom is -0.207 e. The highest BCUT2D eigenvalue weighted by Gasteiger charge is 2.22. The molecule has 0 aromatic heterocycles. The number of rotatable bonds is 9. The predicted octanol–water partition coefficient (Wildman–Crippen LogP) is 10.5. The maximum absolute atomic E-state index is 15.1. The average Bonchev–Trinajstić information content (AvgIpc) is 2.90. The molecule has 6 heteroatoms. The Labute approximate surface area is 226 Å². The van der Waals surface area contributed by atoms with Crippen LogP contribution in [0.1, 0.15) is 73.6 Å². The third kappa shape index (κ3) is 7.43. The summed E-state index contributed by atoms with van der Waals surface area (Å²) in [6.07, 6.45) is 8.21. The summed E-state index contributed by atoms with van der Waals surface area (Å²) in [5.41, 5.74) is 1.70. The van der Waals surface area contributed by atoms with Gasteiger partial charge in [-0.2, -0.15) is 0 Å². The summed E-state index contributed by atoms with van der Waals surface area (Å²) < 4.78 is 83.0. The molecule has 3 aromatic rings. The standard InChI is InChI=1S/C33H32F6/c1-2-4-21-7-10-23(11-8-21)25-15-16-27(32(37)19-25)26-14-13-24(29(34)20-26)12-9-22-17-30(35)28(31(36)18-22)5-3-6-33(38)39/h3,6,9,12-21,23,33H,2,4-5,7-8,10-11H2,1H3/b6-3+,12-9+. The lowest BCUT2D eigenvalue weighted by molar-refractivity contribution is 0.204. The van der Waals surface area contributed by atoms with Crippen LogP contribution in [0.3, 0.4) is 0 Å². The first-order valence-electron chi connectivity index (χ1n) is 13.4. The van der Waals surface area contributed by atoms with Crippen LogP contribution >= 0.6 is 0 Å². The Balaban J connectivity index is 1.46. The monoisotopic (exact) mass is 542 g/mol. The van der Waals surface area contributed by atoms with Crippen molar-refractivity contribution in [1.82, 2.24) is 0 Å². The van der Waals surface area contributed by atoms with Crippen LogP contribution in [0.15, 0.2) is 60.7 Å². The van der Waals surface area contributed by atoms with Crippen LogP contribution in [0.4, 0.5) is 26.3 Å². The molecule has 206 valence electrons. The zero-order chi connectivity index (χ0) is 27.9. The number of hydrogen-bond donors (Lipinski definition) is 0. The van der Waals surface area contributed by atoms with Crippen molar-refractivity contribution in [2.24, 2.45) is 5.92 Å². The molecule has 0 heterocycles. The SMILES string of the molecule is CCCC1CCC(c2ccc(-c3ccc(/C=C/c4cc(F)c(C/C=C/C(F)F)c(F)c4)c(F)c3)c(F)c2)CC1. The van der Waals surface area contributed by atoms with Gasteiger partial charge in [-0.05, 0) is 91.0 Å². The van der Waals surface area contributed by atoms with Crippen molar-refractivity contribution >= 4 is 12.2 Å². The summed E-state index contributed by atoms with van der Waals surface area (Å²) >= 11 is 0. The molecule has 39 heavy (non-hydrogen) atoms. The van der Waals surface area contributed by atoms with Gasteiger partial charge in [-0.3, -0.25) is 0 Å². The number of halogens is 6. The Morgan fingerprint density at radius 3 is 2.13 bits per heavy atom. The quantitative estimate of drug-likeness (QED) is 0.143. The summed E-state index contributed by atoms with van der Waals surface area (Å²) in [4.78, 5) is 0. The molecule has 0 atom stereocenters. The van der Waals surface area contributed by atoms with Crippen molar-refractivity contribution in [3.05, 3.63) is 106 Å². The van der Waals surface area contributed by atoms with Crippen LogP contribution in [-0.2, 0) is 6.42 Å². The van der Waals surface area contributed by atoms with E-state index in [1.165, 1.54) is 50.0 Å². The van der Waals surface area contributed by atoms with Crippen LogP contribution in [-0.4, -0.2) is 6.43 Å². The van der Waals surface area contributed by atoms with Gasteiger partial charge in [0.1, 0.15) is 23.3 Å². The van der Waals surface area contributed by atoms with E-state index in [0.29, 0.717) is 23.1 Å². The Hall–Kier alpha value is -3.28. The lowest BCUT2D eigenvalue weighted by Gasteiger charge is -2.28. The van der Waals surface area contributed by atoms with Gasteiger partial charge in [0, 0.05) is 16.7 Å². The van der Waals surface area contributed by atoms with E-state index in [1.54, 1.807) is 18.2 Å². The molecular formula is C33H32F6. The van der Waals surface area contributed by atoms with Crippen molar-refractivity contribution in [3.8, 4) is 11.1 Å². The number of benzene rings is 3. The van der Waals surface area contributed by atoms with Crippen LogP contribution in [0.25, 0.3) is 23.3 Å². The lowest BCUT2D eigenvalue weighted by Crippen LogP contribution is -2.13. The molecule has 1 saturated carbocycles. The van der Waals surface area contributed by atoms with E-state index in [2.05, 4.69) is 6.92 Å².